The lowest BCUT2D eigenvalue weighted by molar-refractivity contribution is -0.128. The Hall–Kier alpha value is -2.71. The molecule has 1 saturated heterocycles. The molecule has 0 bridgehead atoms. The summed E-state index contributed by atoms with van der Waals surface area (Å²) in [5.41, 5.74) is 1.98. The molecule has 0 saturated carbocycles. The number of hydrogen-bond acceptors (Lipinski definition) is 5. The maximum absolute atomic E-state index is 12.5. The molecule has 1 aliphatic heterocycles. The summed E-state index contributed by atoms with van der Waals surface area (Å²) in [6.07, 6.45) is 9.40. The van der Waals surface area contributed by atoms with Gasteiger partial charge < -0.3 is 10.3 Å². The maximum Gasteiger partial charge on any atom is 0.266 e. The number of benzene rings is 1. The molecule has 2 aromatic rings. The second-order valence-electron chi connectivity index (χ2n) is 5.74. The minimum absolute atomic E-state index is 0.0760. The lowest BCUT2D eigenvalue weighted by Gasteiger charge is -2.13. The summed E-state index contributed by atoms with van der Waals surface area (Å²) in [5, 5.41) is 2.79. The van der Waals surface area contributed by atoms with Crippen LogP contribution in [0.25, 0.3) is 6.08 Å². The van der Waals surface area contributed by atoms with Gasteiger partial charge in [-0.2, -0.15) is 0 Å². The maximum atomic E-state index is 12.5. The quantitative estimate of drug-likeness (QED) is 0.554. The number of rotatable bonds is 7. The number of thioether (sulfide) groups is 1. The number of imidazole rings is 1. The summed E-state index contributed by atoms with van der Waals surface area (Å²) in [6, 6.07) is 9.79. The van der Waals surface area contributed by atoms with Crippen molar-refractivity contribution in [3.63, 3.8) is 0 Å². The van der Waals surface area contributed by atoms with Crippen LogP contribution in [0.5, 0.6) is 0 Å². The Kier molecular flexibility index (Phi) is 6.56. The molecule has 1 aromatic heterocycles. The van der Waals surface area contributed by atoms with E-state index in [4.69, 9.17) is 12.2 Å². The second-order valence-corrected chi connectivity index (χ2v) is 7.41. The van der Waals surface area contributed by atoms with Crippen molar-refractivity contribution in [1.29, 1.82) is 0 Å². The van der Waals surface area contributed by atoms with Crippen LogP contribution in [-0.4, -0.2) is 44.1 Å². The molecular weight excluding hydrogens is 380 g/mol. The first-order valence-corrected chi connectivity index (χ1v) is 9.57. The van der Waals surface area contributed by atoms with Crippen molar-refractivity contribution in [1.82, 2.24) is 20.2 Å². The highest BCUT2D eigenvalue weighted by Crippen LogP contribution is 2.30. The number of hydrogen-bond donors (Lipinski definition) is 2. The van der Waals surface area contributed by atoms with E-state index in [1.165, 1.54) is 16.7 Å². The minimum Gasteiger partial charge on any atom is -0.354 e. The van der Waals surface area contributed by atoms with Gasteiger partial charge in [0.1, 0.15) is 10.9 Å². The van der Waals surface area contributed by atoms with Crippen molar-refractivity contribution in [2.24, 2.45) is 0 Å². The average Bonchev–Trinajstić information content (AvgIpc) is 3.27. The first-order valence-electron chi connectivity index (χ1n) is 8.34. The average molecular weight is 399 g/mol. The number of H-pyrrole nitrogens is 1. The van der Waals surface area contributed by atoms with Gasteiger partial charge in [-0.05, 0) is 11.6 Å². The largest absolute Gasteiger partial charge is 0.354 e. The number of nitrogens with zero attached hydrogens (tertiary/aromatic N) is 2. The van der Waals surface area contributed by atoms with E-state index in [-0.39, 0.29) is 18.4 Å². The third kappa shape index (κ3) is 5.38. The van der Waals surface area contributed by atoms with Crippen LogP contribution in [0.15, 0.2) is 59.9 Å². The first kappa shape index (κ1) is 19.1. The van der Waals surface area contributed by atoms with Gasteiger partial charge in [-0.25, -0.2) is 4.98 Å². The van der Waals surface area contributed by atoms with E-state index < -0.39 is 0 Å². The molecule has 1 aromatic carbocycles. The Morgan fingerprint density at radius 3 is 2.89 bits per heavy atom. The van der Waals surface area contributed by atoms with Crippen LogP contribution < -0.4 is 5.32 Å². The molecule has 138 valence electrons. The number of aromatic nitrogens is 2. The highest BCUT2D eigenvalue weighted by molar-refractivity contribution is 8.26. The van der Waals surface area contributed by atoms with Crippen molar-refractivity contribution in [2.75, 3.05) is 13.1 Å². The van der Waals surface area contributed by atoms with E-state index in [9.17, 15) is 9.59 Å². The fourth-order valence-corrected chi connectivity index (χ4v) is 3.63. The lowest BCUT2D eigenvalue weighted by Crippen LogP contribution is -2.40. The summed E-state index contributed by atoms with van der Waals surface area (Å²) < 4.78 is 0.392. The van der Waals surface area contributed by atoms with Crippen LogP contribution in [-0.2, 0) is 16.0 Å². The Bertz CT molecular complexity index is 876. The monoisotopic (exact) mass is 398 g/mol. The van der Waals surface area contributed by atoms with Gasteiger partial charge in [-0.1, -0.05) is 66.5 Å². The molecule has 0 unspecified atom stereocenters. The van der Waals surface area contributed by atoms with E-state index in [1.807, 2.05) is 42.5 Å². The number of amides is 2. The van der Waals surface area contributed by atoms with Crippen molar-refractivity contribution >= 4 is 46.2 Å². The van der Waals surface area contributed by atoms with Crippen LogP contribution in [0.3, 0.4) is 0 Å². The molecule has 1 fully saturated rings. The Labute approximate surface area is 166 Å². The van der Waals surface area contributed by atoms with Gasteiger partial charge in [0.05, 0.1) is 11.2 Å². The number of thiocarbonyl (C=S) groups is 1. The Morgan fingerprint density at radius 2 is 2.15 bits per heavy atom. The number of allylic oxidation sites excluding steroid dienone is 2. The van der Waals surface area contributed by atoms with E-state index >= 15 is 0 Å². The predicted molar refractivity (Wildman–Crippen MR) is 111 cm³/mol. The molecule has 1 aliphatic rings. The molecule has 2 N–H and O–H groups in total. The van der Waals surface area contributed by atoms with Crippen molar-refractivity contribution < 1.29 is 9.59 Å². The van der Waals surface area contributed by atoms with Crippen molar-refractivity contribution in [2.45, 2.75) is 6.42 Å². The molecule has 0 aliphatic carbocycles. The summed E-state index contributed by atoms with van der Waals surface area (Å²) in [7, 11) is 0. The Balaban J connectivity index is 1.51. The molecule has 6 nitrogen and oxygen atoms in total. The standard InChI is InChI=1S/C19H18N4O2S2/c24-17(21-10-9-15-11-20-13-22-15)12-23-18(25)16(27-19(23)26)8-4-7-14-5-2-1-3-6-14/h1-8,11,13H,9-10,12H2,(H,20,22)(H,21,24). The molecule has 2 amide bonds. The third-order valence-electron chi connectivity index (χ3n) is 3.78. The molecule has 27 heavy (non-hydrogen) atoms. The molecule has 8 heteroatoms. The van der Waals surface area contributed by atoms with E-state index in [0.29, 0.717) is 22.2 Å². The molecule has 3 rings (SSSR count). The van der Waals surface area contributed by atoms with Gasteiger partial charge >= 0.3 is 0 Å². The zero-order valence-electron chi connectivity index (χ0n) is 14.4. The number of nitrogens with one attached hydrogen (secondary N) is 2. The SMILES string of the molecule is O=C(CN1C(=O)C(=CC=Cc2ccccc2)SC1=S)NCCc1cnc[nH]1. The molecule has 0 spiro atoms. The minimum atomic E-state index is -0.244. The van der Waals surface area contributed by atoms with Gasteiger partial charge in [0.25, 0.3) is 5.91 Å². The molecule has 0 radical (unpaired) electrons. The fraction of sp³-hybridized carbons (Fsp3) is 0.158. The van der Waals surface area contributed by atoms with Gasteiger partial charge in [0.15, 0.2) is 0 Å². The van der Waals surface area contributed by atoms with Gasteiger partial charge in [0.2, 0.25) is 5.91 Å². The summed E-state index contributed by atoms with van der Waals surface area (Å²) in [6.45, 7) is 0.388. The molecular formula is C19H18N4O2S2. The first-order chi connectivity index (χ1) is 13.1. The van der Waals surface area contributed by atoms with Crippen LogP contribution in [0, 0.1) is 0 Å². The second kappa shape index (κ2) is 9.29. The fourth-order valence-electron chi connectivity index (χ4n) is 2.42. The number of carbonyl (C=O) groups is 2. The molecule has 0 atom stereocenters. The summed E-state index contributed by atoms with van der Waals surface area (Å²) in [4.78, 5) is 33.3. The summed E-state index contributed by atoms with van der Waals surface area (Å²) in [5.74, 6) is -0.488. The number of aromatic amines is 1. The van der Waals surface area contributed by atoms with Crippen molar-refractivity contribution in [3.05, 3.63) is 71.2 Å². The van der Waals surface area contributed by atoms with E-state index in [2.05, 4.69) is 15.3 Å². The normalized spacial score (nSPS) is 15.9. The third-order valence-corrected chi connectivity index (χ3v) is 5.18. The van der Waals surface area contributed by atoms with Crippen molar-refractivity contribution in [3.8, 4) is 0 Å². The molecule has 2 heterocycles. The smallest absolute Gasteiger partial charge is 0.266 e. The highest BCUT2D eigenvalue weighted by Gasteiger charge is 2.32. The van der Waals surface area contributed by atoms with Gasteiger partial charge in [0, 0.05) is 24.9 Å². The highest BCUT2D eigenvalue weighted by atomic mass is 32.2. The van der Waals surface area contributed by atoms with Gasteiger partial charge in [-0.15, -0.1) is 0 Å². The van der Waals surface area contributed by atoms with Crippen LogP contribution >= 0.6 is 24.0 Å². The van der Waals surface area contributed by atoms with Gasteiger partial charge in [-0.3, -0.25) is 14.5 Å². The topological polar surface area (TPSA) is 78.1 Å². The lowest BCUT2D eigenvalue weighted by atomic mass is 10.2. The zero-order chi connectivity index (χ0) is 19.1. The van der Waals surface area contributed by atoms with Crippen LogP contribution in [0.2, 0.25) is 0 Å². The Morgan fingerprint density at radius 1 is 1.33 bits per heavy atom. The predicted octanol–water partition coefficient (Wildman–Crippen LogP) is 2.53. The van der Waals surface area contributed by atoms with E-state index in [0.717, 1.165) is 11.3 Å². The van der Waals surface area contributed by atoms with E-state index in [1.54, 1.807) is 18.6 Å². The van der Waals surface area contributed by atoms with Crippen LogP contribution in [0.1, 0.15) is 11.3 Å². The zero-order valence-corrected chi connectivity index (χ0v) is 16.1. The summed E-state index contributed by atoms with van der Waals surface area (Å²) >= 11 is 6.45. The van der Waals surface area contributed by atoms with Crippen LogP contribution in [0.4, 0.5) is 0 Å². The number of carbonyl (C=O) groups excluding carboxylic acids is 2.